The van der Waals surface area contributed by atoms with Crippen molar-refractivity contribution < 1.29 is 0 Å². The van der Waals surface area contributed by atoms with Crippen LogP contribution in [0.15, 0.2) is 0 Å². The van der Waals surface area contributed by atoms with Crippen molar-refractivity contribution >= 4 is 0 Å². The van der Waals surface area contributed by atoms with Crippen LogP contribution in [0, 0.1) is 0 Å². The second-order valence-corrected chi connectivity index (χ2v) is 4.67. The Labute approximate surface area is 88.2 Å². The lowest BCUT2D eigenvalue weighted by Crippen LogP contribution is -2.39. The molecule has 0 bridgehead atoms. The van der Waals surface area contributed by atoms with Gasteiger partial charge in [-0.1, -0.05) is 0 Å². The number of hydrogen-bond acceptors (Lipinski definition) is 3. The number of hydrogen-bond donors (Lipinski definition) is 1. The molecule has 84 valence electrons. The summed E-state index contributed by atoms with van der Waals surface area (Å²) in [6, 6.07) is 1.32. The lowest BCUT2D eigenvalue weighted by molar-refractivity contribution is 0.210. The SMILES string of the molecule is CC(CN)N1CCCC(N(C)C)CC1. The van der Waals surface area contributed by atoms with Crippen LogP contribution in [0.25, 0.3) is 0 Å². The third kappa shape index (κ3) is 3.23. The highest BCUT2D eigenvalue weighted by atomic mass is 15.2. The molecule has 0 spiro atoms. The second kappa shape index (κ2) is 5.69. The van der Waals surface area contributed by atoms with Crippen molar-refractivity contribution in [1.82, 2.24) is 9.80 Å². The third-order valence-corrected chi connectivity index (χ3v) is 3.43. The standard InChI is InChI=1S/C11H25N3/c1-10(9-12)14-7-4-5-11(6-8-14)13(2)3/h10-11H,4-9,12H2,1-3H3. The molecule has 0 aromatic rings. The normalized spacial score (nSPS) is 27.6. The summed E-state index contributed by atoms with van der Waals surface area (Å²) in [7, 11) is 4.37. The van der Waals surface area contributed by atoms with Gasteiger partial charge in [-0.15, -0.1) is 0 Å². The Morgan fingerprint density at radius 3 is 2.64 bits per heavy atom. The Morgan fingerprint density at radius 1 is 1.36 bits per heavy atom. The average Bonchev–Trinajstić information content (AvgIpc) is 2.41. The maximum atomic E-state index is 5.70. The van der Waals surface area contributed by atoms with Gasteiger partial charge >= 0.3 is 0 Å². The van der Waals surface area contributed by atoms with Crippen LogP contribution in [0.5, 0.6) is 0 Å². The first-order valence-electron chi connectivity index (χ1n) is 5.75. The molecule has 1 heterocycles. The Bertz CT molecular complexity index is 159. The van der Waals surface area contributed by atoms with Crippen molar-refractivity contribution in [3.05, 3.63) is 0 Å². The molecule has 0 amide bonds. The van der Waals surface area contributed by atoms with Crippen molar-refractivity contribution in [2.45, 2.75) is 38.3 Å². The topological polar surface area (TPSA) is 32.5 Å². The molecule has 0 radical (unpaired) electrons. The quantitative estimate of drug-likeness (QED) is 0.728. The minimum atomic E-state index is 0.552. The lowest BCUT2D eigenvalue weighted by Gasteiger charge is -2.27. The smallest absolute Gasteiger partial charge is 0.0190 e. The maximum Gasteiger partial charge on any atom is 0.0190 e. The zero-order chi connectivity index (χ0) is 10.6. The number of rotatable bonds is 3. The highest BCUT2D eigenvalue weighted by molar-refractivity contribution is 4.77. The van der Waals surface area contributed by atoms with Crippen LogP contribution >= 0.6 is 0 Å². The Morgan fingerprint density at radius 2 is 2.07 bits per heavy atom. The molecule has 0 saturated carbocycles. The third-order valence-electron chi connectivity index (χ3n) is 3.43. The van der Waals surface area contributed by atoms with Crippen LogP contribution in [0.4, 0.5) is 0 Å². The summed E-state index contributed by atoms with van der Waals surface area (Å²) in [4.78, 5) is 4.89. The van der Waals surface area contributed by atoms with Crippen LogP contribution < -0.4 is 5.73 Å². The van der Waals surface area contributed by atoms with Gasteiger partial charge in [0.2, 0.25) is 0 Å². The highest BCUT2D eigenvalue weighted by Gasteiger charge is 2.20. The van der Waals surface area contributed by atoms with E-state index in [-0.39, 0.29) is 0 Å². The van der Waals surface area contributed by atoms with Gasteiger partial charge in [-0.2, -0.15) is 0 Å². The van der Waals surface area contributed by atoms with E-state index in [9.17, 15) is 0 Å². The zero-order valence-corrected chi connectivity index (χ0v) is 9.87. The molecule has 2 atom stereocenters. The summed E-state index contributed by atoms with van der Waals surface area (Å²) < 4.78 is 0. The van der Waals surface area contributed by atoms with E-state index in [4.69, 9.17) is 5.73 Å². The zero-order valence-electron chi connectivity index (χ0n) is 9.87. The van der Waals surface area contributed by atoms with Gasteiger partial charge in [0, 0.05) is 18.6 Å². The van der Waals surface area contributed by atoms with E-state index in [0.29, 0.717) is 6.04 Å². The predicted octanol–water partition coefficient (Wildman–Crippen LogP) is 0.750. The van der Waals surface area contributed by atoms with Gasteiger partial charge in [0.05, 0.1) is 0 Å². The largest absolute Gasteiger partial charge is 0.329 e. The molecule has 3 heteroatoms. The summed E-state index contributed by atoms with van der Waals surface area (Å²) in [6.45, 7) is 5.45. The highest BCUT2D eigenvalue weighted by Crippen LogP contribution is 2.15. The Hall–Kier alpha value is -0.120. The molecule has 0 aromatic carbocycles. The summed E-state index contributed by atoms with van der Waals surface area (Å²) in [5.41, 5.74) is 5.70. The number of nitrogens with two attached hydrogens (primary N) is 1. The summed E-state index contributed by atoms with van der Waals surface area (Å²) in [5.74, 6) is 0. The van der Waals surface area contributed by atoms with Crippen LogP contribution in [0.2, 0.25) is 0 Å². The monoisotopic (exact) mass is 199 g/mol. The van der Waals surface area contributed by atoms with Gasteiger partial charge in [-0.05, 0) is 53.4 Å². The first-order chi connectivity index (χ1) is 6.65. The first-order valence-corrected chi connectivity index (χ1v) is 5.75. The molecule has 1 rings (SSSR count). The summed E-state index contributed by atoms with van der Waals surface area (Å²) in [6.07, 6.45) is 3.94. The summed E-state index contributed by atoms with van der Waals surface area (Å²) >= 11 is 0. The number of nitrogens with zero attached hydrogens (tertiary/aromatic N) is 2. The molecule has 0 aliphatic carbocycles. The average molecular weight is 199 g/mol. The Kier molecular flexibility index (Phi) is 4.85. The molecule has 1 fully saturated rings. The lowest BCUT2D eigenvalue weighted by atomic mass is 10.1. The molecular formula is C11H25N3. The van der Waals surface area contributed by atoms with E-state index in [1.165, 1.54) is 32.4 Å². The van der Waals surface area contributed by atoms with Gasteiger partial charge in [-0.3, -0.25) is 4.90 Å². The molecule has 1 saturated heterocycles. The van der Waals surface area contributed by atoms with E-state index < -0.39 is 0 Å². The summed E-state index contributed by atoms with van der Waals surface area (Å²) in [5, 5.41) is 0. The molecule has 1 aliphatic rings. The van der Waals surface area contributed by atoms with E-state index in [1.807, 2.05) is 0 Å². The van der Waals surface area contributed by atoms with Crippen LogP contribution in [-0.2, 0) is 0 Å². The Balaban J connectivity index is 2.40. The van der Waals surface area contributed by atoms with E-state index >= 15 is 0 Å². The van der Waals surface area contributed by atoms with Crippen molar-refractivity contribution in [3.63, 3.8) is 0 Å². The van der Waals surface area contributed by atoms with Gasteiger partial charge in [0.25, 0.3) is 0 Å². The number of likely N-dealkylation sites (tertiary alicyclic amines) is 1. The minimum Gasteiger partial charge on any atom is -0.329 e. The van der Waals surface area contributed by atoms with Crippen molar-refractivity contribution in [2.75, 3.05) is 33.7 Å². The van der Waals surface area contributed by atoms with Gasteiger partial charge in [0.1, 0.15) is 0 Å². The van der Waals surface area contributed by atoms with Crippen LogP contribution in [0.1, 0.15) is 26.2 Å². The van der Waals surface area contributed by atoms with Crippen LogP contribution in [0.3, 0.4) is 0 Å². The fourth-order valence-electron chi connectivity index (χ4n) is 2.21. The van der Waals surface area contributed by atoms with Gasteiger partial charge in [0.15, 0.2) is 0 Å². The molecule has 1 aliphatic heterocycles. The predicted molar refractivity (Wildman–Crippen MR) is 61.4 cm³/mol. The minimum absolute atomic E-state index is 0.552. The van der Waals surface area contributed by atoms with Crippen molar-refractivity contribution in [2.24, 2.45) is 5.73 Å². The van der Waals surface area contributed by atoms with E-state index in [2.05, 4.69) is 30.8 Å². The van der Waals surface area contributed by atoms with Crippen molar-refractivity contribution in [1.29, 1.82) is 0 Å². The molecule has 2 N–H and O–H groups in total. The first kappa shape index (κ1) is 12.0. The van der Waals surface area contributed by atoms with Gasteiger partial charge < -0.3 is 10.6 Å². The molecule has 3 nitrogen and oxygen atoms in total. The van der Waals surface area contributed by atoms with Crippen LogP contribution in [-0.4, -0.2) is 55.6 Å². The molecule has 14 heavy (non-hydrogen) atoms. The van der Waals surface area contributed by atoms with E-state index in [0.717, 1.165) is 12.6 Å². The fraction of sp³-hybridized carbons (Fsp3) is 1.00. The molecular weight excluding hydrogens is 174 g/mol. The second-order valence-electron chi connectivity index (χ2n) is 4.67. The molecule has 0 aromatic heterocycles. The van der Waals surface area contributed by atoms with Crippen molar-refractivity contribution in [3.8, 4) is 0 Å². The maximum absolute atomic E-state index is 5.70. The van der Waals surface area contributed by atoms with Gasteiger partial charge in [-0.25, -0.2) is 0 Å². The van der Waals surface area contributed by atoms with E-state index in [1.54, 1.807) is 0 Å². The molecule has 2 unspecified atom stereocenters. The fourth-order valence-corrected chi connectivity index (χ4v) is 2.21.